The fraction of sp³-hybridized carbons (Fsp3) is 0.500. The number of nitrogens with zero attached hydrogens (tertiary/aromatic N) is 3. The van der Waals surface area contributed by atoms with E-state index in [9.17, 15) is 0 Å². The van der Waals surface area contributed by atoms with Gasteiger partial charge in [-0.1, -0.05) is 44.4 Å². The summed E-state index contributed by atoms with van der Waals surface area (Å²) < 4.78 is 0. The van der Waals surface area contributed by atoms with Crippen LogP contribution in [0.25, 0.3) is 0 Å². The Balaban J connectivity index is 2.24. The molecule has 0 saturated carbocycles. The number of unbranched alkanes of at least 4 members (excludes halogenated alkanes) is 3. The highest BCUT2D eigenvalue weighted by Gasteiger charge is 2.36. The lowest BCUT2D eigenvalue weighted by molar-refractivity contribution is 0.419. The standard InChI is InChI=1S/C16H25N5/c1-3-4-5-9-12-16(2)20-14(17)19-15(18)21(16)13-10-7-6-8-11-13/h6-8,10-11H,3-5,9,12H2,1-2H3,(H4,17,18,19,20). The summed E-state index contributed by atoms with van der Waals surface area (Å²) in [6.07, 6.45) is 5.65. The monoisotopic (exact) mass is 287 g/mol. The maximum atomic E-state index is 6.12. The molecule has 0 amide bonds. The minimum Gasteiger partial charge on any atom is -0.369 e. The Kier molecular flexibility index (Phi) is 4.83. The van der Waals surface area contributed by atoms with E-state index in [4.69, 9.17) is 11.5 Å². The van der Waals surface area contributed by atoms with Gasteiger partial charge in [0.25, 0.3) is 0 Å². The molecule has 1 aromatic carbocycles. The molecule has 2 rings (SSSR count). The molecule has 0 fully saturated rings. The maximum absolute atomic E-state index is 6.12. The van der Waals surface area contributed by atoms with Crippen LogP contribution in [0, 0.1) is 0 Å². The summed E-state index contributed by atoms with van der Waals surface area (Å²) in [5, 5.41) is 0. The van der Waals surface area contributed by atoms with Crippen molar-refractivity contribution in [3.05, 3.63) is 30.3 Å². The predicted molar refractivity (Wildman–Crippen MR) is 89.3 cm³/mol. The SMILES string of the molecule is CCCCCCC1(C)N=C(N)N=C(N)N1c1ccccc1. The van der Waals surface area contributed by atoms with Gasteiger partial charge in [-0.3, -0.25) is 4.90 Å². The zero-order chi connectivity index (χ0) is 15.3. The summed E-state index contributed by atoms with van der Waals surface area (Å²) in [6, 6.07) is 9.99. The van der Waals surface area contributed by atoms with Crippen molar-refractivity contribution in [2.45, 2.75) is 51.6 Å². The third kappa shape index (κ3) is 3.54. The molecule has 1 heterocycles. The van der Waals surface area contributed by atoms with Crippen molar-refractivity contribution in [3.8, 4) is 0 Å². The van der Waals surface area contributed by atoms with Gasteiger partial charge < -0.3 is 11.5 Å². The number of hydrogen-bond donors (Lipinski definition) is 2. The second-order valence-corrected chi connectivity index (χ2v) is 5.64. The highest BCUT2D eigenvalue weighted by molar-refractivity contribution is 6.05. The fourth-order valence-electron chi connectivity index (χ4n) is 2.78. The van der Waals surface area contributed by atoms with Crippen molar-refractivity contribution in [1.29, 1.82) is 0 Å². The number of rotatable bonds is 6. The minimum atomic E-state index is -0.467. The summed E-state index contributed by atoms with van der Waals surface area (Å²) in [4.78, 5) is 10.7. The Hall–Kier alpha value is -2.04. The van der Waals surface area contributed by atoms with Gasteiger partial charge in [-0.25, -0.2) is 4.99 Å². The molecule has 5 heteroatoms. The summed E-state index contributed by atoms with van der Waals surface area (Å²) >= 11 is 0. The second-order valence-electron chi connectivity index (χ2n) is 5.64. The van der Waals surface area contributed by atoms with Crippen molar-refractivity contribution in [2.24, 2.45) is 21.5 Å². The summed E-state index contributed by atoms with van der Waals surface area (Å²) in [7, 11) is 0. The first kappa shape index (κ1) is 15.4. The van der Waals surface area contributed by atoms with E-state index in [0.29, 0.717) is 5.96 Å². The van der Waals surface area contributed by atoms with Crippen LogP contribution in [0.4, 0.5) is 5.69 Å². The molecule has 1 aliphatic heterocycles. The lowest BCUT2D eigenvalue weighted by Gasteiger charge is -2.41. The second kappa shape index (κ2) is 6.61. The zero-order valence-electron chi connectivity index (χ0n) is 12.9. The fourth-order valence-corrected chi connectivity index (χ4v) is 2.78. The van der Waals surface area contributed by atoms with E-state index in [-0.39, 0.29) is 5.96 Å². The molecular weight excluding hydrogens is 262 g/mol. The zero-order valence-corrected chi connectivity index (χ0v) is 12.9. The van der Waals surface area contributed by atoms with Crippen LogP contribution >= 0.6 is 0 Å². The Bertz CT molecular complexity index is 523. The van der Waals surface area contributed by atoms with E-state index in [1.165, 1.54) is 19.3 Å². The normalized spacial score (nSPS) is 21.9. The van der Waals surface area contributed by atoms with Gasteiger partial charge in [-0.15, -0.1) is 0 Å². The molecule has 1 atom stereocenters. The largest absolute Gasteiger partial charge is 0.369 e. The van der Waals surface area contributed by atoms with Gasteiger partial charge in [-0.05, 0) is 31.9 Å². The molecule has 0 saturated heterocycles. The van der Waals surface area contributed by atoms with E-state index in [1.807, 2.05) is 35.2 Å². The first-order chi connectivity index (χ1) is 10.1. The molecule has 5 nitrogen and oxygen atoms in total. The van der Waals surface area contributed by atoms with E-state index < -0.39 is 5.66 Å². The lowest BCUT2D eigenvalue weighted by Crippen LogP contribution is -2.56. The van der Waals surface area contributed by atoms with Crippen LogP contribution in [0.1, 0.15) is 46.0 Å². The molecule has 0 bridgehead atoms. The van der Waals surface area contributed by atoms with Crippen LogP contribution in [0.5, 0.6) is 0 Å². The number of aliphatic imine (C=N–C) groups is 2. The number of guanidine groups is 2. The Morgan fingerprint density at radius 3 is 2.48 bits per heavy atom. The number of nitrogens with two attached hydrogens (primary N) is 2. The van der Waals surface area contributed by atoms with E-state index in [2.05, 4.69) is 23.8 Å². The van der Waals surface area contributed by atoms with Gasteiger partial charge in [0, 0.05) is 5.69 Å². The molecule has 1 unspecified atom stereocenters. The van der Waals surface area contributed by atoms with Crippen molar-refractivity contribution < 1.29 is 0 Å². The van der Waals surface area contributed by atoms with Gasteiger partial charge >= 0.3 is 0 Å². The summed E-state index contributed by atoms with van der Waals surface area (Å²) in [5.41, 5.74) is 12.5. The van der Waals surface area contributed by atoms with E-state index in [1.54, 1.807) is 0 Å². The molecule has 114 valence electrons. The molecule has 0 spiro atoms. The Morgan fingerprint density at radius 2 is 1.81 bits per heavy atom. The predicted octanol–water partition coefficient (Wildman–Crippen LogP) is 2.82. The van der Waals surface area contributed by atoms with Crippen molar-refractivity contribution >= 4 is 17.6 Å². The summed E-state index contributed by atoms with van der Waals surface area (Å²) in [6.45, 7) is 4.28. The molecule has 21 heavy (non-hydrogen) atoms. The minimum absolute atomic E-state index is 0.262. The molecule has 0 aromatic heterocycles. The van der Waals surface area contributed by atoms with Crippen LogP contribution in [-0.4, -0.2) is 17.6 Å². The molecule has 4 N–H and O–H groups in total. The smallest absolute Gasteiger partial charge is 0.220 e. The first-order valence-electron chi connectivity index (χ1n) is 7.61. The van der Waals surface area contributed by atoms with Crippen LogP contribution in [0.2, 0.25) is 0 Å². The van der Waals surface area contributed by atoms with Crippen LogP contribution in [0.15, 0.2) is 40.3 Å². The van der Waals surface area contributed by atoms with Gasteiger partial charge in [-0.2, -0.15) is 4.99 Å². The van der Waals surface area contributed by atoms with Crippen molar-refractivity contribution in [1.82, 2.24) is 0 Å². The van der Waals surface area contributed by atoms with Gasteiger partial charge in [0.1, 0.15) is 5.66 Å². The molecule has 0 aliphatic carbocycles. The quantitative estimate of drug-likeness (QED) is 0.789. The highest BCUT2D eigenvalue weighted by atomic mass is 15.4. The van der Waals surface area contributed by atoms with Crippen molar-refractivity contribution in [2.75, 3.05) is 4.90 Å². The third-order valence-electron chi connectivity index (χ3n) is 3.81. The van der Waals surface area contributed by atoms with E-state index in [0.717, 1.165) is 18.5 Å². The Morgan fingerprint density at radius 1 is 1.10 bits per heavy atom. The van der Waals surface area contributed by atoms with Gasteiger partial charge in [0.2, 0.25) is 11.9 Å². The summed E-state index contributed by atoms with van der Waals surface area (Å²) in [5.74, 6) is 0.671. The van der Waals surface area contributed by atoms with Gasteiger partial charge in [0.15, 0.2) is 0 Å². The van der Waals surface area contributed by atoms with Crippen LogP contribution in [-0.2, 0) is 0 Å². The average Bonchev–Trinajstić information content (AvgIpc) is 2.44. The number of benzene rings is 1. The van der Waals surface area contributed by atoms with Crippen LogP contribution in [0.3, 0.4) is 0 Å². The molecule has 1 aliphatic rings. The molecule has 0 radical (unpaired) electrons. The topological polar surface area (TPSA) is 80.0 Å². The first-order valence-corrected chi connectivity index (χ1v) is 7.61. The third-order valence-corrected chi connectivity index (χ3v) is 3.81. The number of para-hydroxylation sites is 1. The average molecular weight is 287 g/mol. The molecular formula is C16H25N5. The lowest BCUT2D eigenvalue weighted by atomic mass is 10.00. The number of hydrogen-bond acceptors (Lipinski definition) is 5. The van der Waals surface area contributed by atoms with E-state index >= 15 is 0 Å². The highest BCUT2D eigenvalue weighted by Crippen LogP contribution is 2.31. The maximum Gasteiger partial charge on any atom is 0.220 e. The molecule has 1 aromatic rings. The Labute approximate surface area is 126 Å². The van der Waals surface area contributed by atoms with Crippen molar-refractivity contribution in [3.63, 3.8) is 0 Å². The number of anilines is 1. The van der Waals surface area contributed by atoms with Gasteiger partial charge in [0.05, 0.1) is 0 Å². The van der Waals surface area contributed by atoms with Crippen LogP contribution < -0.4 is 16.4 Å².